The first kappa shape index (κ1) is 17.9. The summed E-state index contributed by atoms with van der Waals surface area (Å²) in [5.41, 5.74) is 4.97. The van der Waals surface area contributed by atoms with Crippen molar-refractivity contribution in [3.8, 4) is 0 Å². The van der Waals surface area contributed by atoms with E-state index in [0.29, 0.717) is 18.8 Å². The fourth-order valence-corrected chi connectivity index (χ4v) is 4.51. The molecule has 5 heteroatoms. The Morgan fingerprint density at radius 3 is 2.70 bits per heavy atom. The molecular weight excluding hydrogens is 354 g/mol. The maximum absolute atomic E-state index is 12.9. The minimum absolute atomic E-state index is 0.187. The van der Waals surface area contributed by atoms with Gasteiger partial charge in [-0.25, -0.2) is 0 Å². The average molecular weight is 378 g/mol. The highest BCUT2D eigenvalue weighted by atomic mass is 32.2. The van der Waals surface area contributed by atoms with Gasteiger partial charge < -0.3 is 4.90 Å². The molecule has 1 atom stereocenters. The predicted molar refractivity (Wildman–Crippen MR) is 110 cm³/mol. The molecule has 1 amide bonds. The summed E-state index contributed by atoms with van der Waals surface area (Å²) in [7, 11) is 1.93. The van der Waals surface area contributed by atoms with Gasteiger partial charge in [0.15, 0.2) is 0 Å². The first-order valence-corrected chi connectivity index (χ1v) is 10.3. The highest BCUT2D eigenvalue weighted by Crippen LogP contribution is 2.33. The highest BCUT2D eigenvalue weighted by molar-refractivity contribution is 7.99. The molecule has 2 heterocycles. The Hall–Kier alpha value is -2.53. The molecule has 4 nitrogen and oxygen atoms in total. The summed E-state index contributed by atoms with van der Waals surface area (Å²) >= 11 is 1.68. The maximum atomic E-state index is 12.9. The summed E-state index contributed by atoms with van der Waals surface area (Å²) < 4.78 is 1.83. The molecule has 1 aromatic heterocycles. The molecule has 0 radical (unpaired) electrons. The molecule has 4 rings (SSSR count). The predicted octanol–water partition coefficient (Wildman–Crippen LogP) is 3.83. The molecule has 1 aliphatic rings. The van der Waals surface area contributed by atoms with E-state index < -0.39 is 0 Å². The van der Waals surface area contributed by atoms with Crippen LogP contribution in [-0.2, 0) is 24.1 Å². The highest BCUT2D eigenvalue weighted by Gasteiger charge is 2.29. The zero-order valence-corrected chi connectivity index (χ0v) is 16.2. The fraction of sp³-hybridized carbons (Fsp3) is 0.273. The van der Waals surface area contributed by atoms with Gasteiger partial charge in [-0.3, -0.25) is 9.48 Å². The Balaban J connectivity index is 1.46. The smallest absolute Gasteiger partial charge is 0.232 e. The summed E-state index contributed by atoms with van der Waals surface area (Å²) in [5, 5.41) is 4.33. The number of fused-ring (bicyclic) bond motifs is 1. The van der Waals surface area contributed by atoms with Crippen LogP contribution in [0.25, 0.3) is 0 Å². The zero-order chi connectivity index (χ0) is 18.6. The van der Waals surface area contributed by atoms with Crippen molar-refractivity contribution in [2.45, 2.75) is 18.2 Å². The van der Waals surface area contributed by atoms with E-state index in [2.05, 4.69) is 47.7 Å². The molecule has 0 bridgehead atoms. The number of hydrogen-bond donors (Lipinski definition) is 0. The van der Waals surface area contributed by atoms with Crippen LogP contribution in [0.2, 0.25) is 0 Å². The van der Waals surface area contributed by atoms with E-state index in [9.17, 15) is 4.79 Å². The summed E-state index contributed by atoms with van der Waals surface area (Å²) in [6, 6.07) is 18.7. The van der Waals surface area contributed by atoms with Crippen LogP contribution in [0.3, 0.4) is 0 Å². The molecule has 0 saturated heterocycles. The Morgan fingerprint density at radius 1 is 1.15 bits per heavy atom. The van der Waals surface area contributed by atoms with Crippen molar-refractivity contribution in [2.24, 2.45) is 7.05 Å². The number of thioether (sulfide) groups is 1. The number of nitrogens with zero attached hydrogens (tertiary/aromatic N) is 3. The van der Waals surface area contributed by atoms with Crippen molar-refractivity contribution in [3.05, 3.63) is 89.2 Å². The van der Waals surface area contributed by atoms with Crippen LogP contribution in [0.5, 0.6) is 0 Å². The van der Waals surface area contributed by atoms with Gasteiger partial charge in [0, 0.05) is 38.0 Å². The summed E-state index contributed by atoms with van der Waals surface area (Å²) in [4.78, 5) is 14.9. The molecule has 0 spiro atoms. The Labute approximate surface area is 164 Å². The minimum Gasteiger partial charge on any atom is -0.337 e. The van der Waals surface area contributed by atoms with Crippen LogP contribution in [0.15, 0.2) is 67.0 Å². The third-order valence-corrected chi connectivity index (χ3v) is 6.00. The van der Waals surface area contributed by atoms with Crippen molar-refractivity contribution in [3.63, 3.8) is 0 Å². The van der Waals surface area contributed by atoms with Crippen LogP contribution in [0.1, 0.15) is 28.2 Å². The molecule has 138 valence electrons. The Morgan fingerprint density at radius 2 is 1.93 bits per heavy atom. The monoisotopic (exact) mass is 377 g/mol. The van der Waals surface area contributed by atoms with Gasteiger partial charge in [0.05, 0.1) is 11.9 Å². The SMILES string of the molecule is Cn1cc(C2CN(C(=O)CSCc3ccccc3)Cc3ccccc32)cn1. The first-order chi connectivity index (χ1) is 13.2. The quantitative estimate of drug-likeness (QED) is 0.678. The molecule has 1 unspecified atom stereocenters. The molecule has 1 aliphatic heterocycles. The van der Waals surface area contributed by atoms with Crippen molar-refractivity contribution in [2.75, 3.05) is 12.3 Å². The van der Waals surface area contributed by atoms with E-state index in [-0.39, 0.29) is 11.8 Å². The minimum atomic E-state index is 0.187. The van der Waals surface area contributed by atoms with Gasteiger partial charge in [0.25, 0.3) is 0 Å². The largest absolute Gasteiger partial charge is 0.337 e. The van der Waals surface area contributed by atoms with Crippen LogP contribution in [0.4, 0.5) is 0 Å². The molecule has 0 aliphatic carbocycles. The number of aromatic nitrogens is 2. The molecule has 0 fully saturated rings. The topological polar surface area (TPSA) is 38.1 Å². The lowest BCUT2D eigenvalue weighted by atomic mass is 9.86. The van der Waals surface area contributed by atoms with Crippen molar-refractivity contribution >= 4 is 17.7 Å². The number of rotatable bonds is 5. The lowest BCUT2D eigenvalue weighted by Gasteiger charge is -2.34. The van der Waals surface area contributed by atoms with E-state index in [4.69, 9.17) is 0 Å². The molecule has 27 heavy (non-hydrogen) atoms. The van der Waals surface area contributed by atoms with Crippen molar-refractivity contribution < 1.29 is 4.79 Å². The fourth-order valence-electron chi connectivity index (χ4n) is 3.62. The third-order valence-electron chi connectivity index (χ3n) is 5.01. The van der Waals surface area contributed by atoms with Gasteiger partial charge >= 0.3 is 0 Å². The molecule has 3 aromatic rings. The number of benzene rings is 2. The van der Waals surface area contributed by atoms with Crippen LogP contribution in [0, 0.1) is 0 Å². The van der Waals surface area contributed by atoms with Gasteiger partial charge in [-0.2, -0.15) is 5.10 Å². The normalized spacial score (nSPS) is 16.2. The third kappa shape index (κ3) is 4.08. The van der Waals surface area contributed by atoms with Gasteiger partial charge in [-0.1, -0.05) is 54.6 Å². The van der Waals surface area contributed by atoms with Gasteiger partial charge in [-0.15, -0.1) is 11.8 Å². The standard InChI is InChI=1S/C22H23N3OS/c1-24-12-19(11-23-24)21-14-25(13-18-9-5-6-10-20(18)21)22(26)16-27-15-17-7-3-2-4-8-17/h2-12,21H,13-16H2,1H3. The number of carbonyl (C=O) groups excluding carboxylic acids is 1. The van der Waals surface area contributed by atoms with Gasteiger partial charge in [-0.05, 0) is 22.3 Å². The van der Waals surface area contributed by atoms with Gasteiger partial charge in [0.2, 0.25) is 5.91 Å². The van der Waals surface area contributed by atoms with Crippen LogP contribution in [-0.4, -0.2) is 32.9 Å². The molecule has 2 aromatic carbocycles. The number of hydrogen-bond acceptors (Lipinski definition) is 3. The Kier molecular flexibility index (Phi) is 5.30. The van der Waals surface area contributed by atoms with E-state index >= 15 is 0 Å². The van der Waals surface area contributed by atoms with E-state index in [0.717, 1.165) is 5.75 Å². The number of aryl methyl sites for hydroxylation is 1. The maximum Gasteiger partial charge on any atom is 0.232 e. The second kappa shape index (κ2) is 8.01. The molecule has 0 N–H and O–H groups in total. The summed E-state index contributed by atoms with van der Waals surface area (Å²) in [6.07, 6.45) is 3.97. The summed E-state index contributed by atoms with van der Waals surface area (Å²) in [5.74, 6) is 1.77. The second-order valence-corrected chi connectivity index (χ2v) is 7.94. The average Bonchev–Trinajstić information content (AvgIpc) is 3.14. The lowest BCUT2D eigenvalue weighted by Crippen LogP contribution is -2.39. The van der Waals surface area contributed by atoms with E-state index in [1.807, 2.05) is 41.0 Å². The number of carbonyl (C=O) groups is 1. The van der Waals surface area contributed by atoms with E-state index in [1.54, 1.807) is 11.8 Å². The van der Waals surface area contributed by atoms with E-state index in [1.165, 1.54) is 22.3 Å². The second-order valence-electron chi connectivity index (χ2n) is 6.95. The zero-order valence-electron chi connectivity index (χ0n) is 15.4. The van der Waals surface area contributed by atoms with Gasteiger partial charge in [0.1, 0.15) is 0 Å². The van der Waals surface area contributed by atoms with Crippen molar-refractivity contribution in [1.82, 2.24) is 14.7 Å². The molecular formula is C22H23N3OS. The first-order valence-electron chi connectivity index (χ1n) is 9.16. The summed E-state index contributed by atoms with van der Waals surface area (Å²) in [6.45, 7) is 1.41. The lowest BCUT2D eigenvalue weighted by molar-refractivity contribution is -0.129. The van der Waals surface area contributed by atoms with Crippen LogP contribution < -0.4 is 0 Å². The molecule has 0 saturated carbocycles. The number of amides is 1. The van der Waals surface area contributed by atoms with Crippen molar-refractivity contribution in [1.29, 1.82) is 0 Å². The Bertz CT molecular complexity index is 922. The van der Waals surface area contributed by atoms with Crippen LogP contribution >= 0.6 is 11.8 Å².